The van der Waals surface area contributed by atoms with Crippen molar-refractivity contribution >= 4 is 54.6 Å². The molecule has 0 fully saturated rings. The number of ether oxygens (including phenoxy) is 1. The molecule has 0 aliphatic carbocycles. The Morgan fingerprint density at radius 3 is 0.706 bits per heavy atom. The molecule has 0 aliphatic rings. The zero-order valence-electron chi connectivity index (χ0n) is 46.9. The molecule has 0 aliphatic heterocycles. The third-order valence-corrected chi connectivity index (χ3v) is 9.80. The lowest BCUT2D eigenvalue weighted by Crippen LogP contribution is -2.30. The van der Waals surface area contributed by atoms with E-state index in [0.717, 1.165) is 76.6 Å². The van der Waals surface area contributed by atoms with Crippen LogP contribution in [0.25, 0.3) is 0 Å². The minimum atomic E-state index is -0.706. The standard InChI is InChI=1S/C7H15NO2.C6H12O2.4C5H10O2.3C5H10O.C2H7NO/c1-5-6(2)7(9)8(3)10-4;1-4-5(2)6(7)8-3;4*1-3-4(2)5(6)7;3*1-3-5(2)4-6;1-3-4-2/h6H,5H2,1-4H3;5H,4H2,1-3H3;4*4H,3H2,1-2H3,(H,6,7);3*4-5H,3H2,1-2H3;3H,1-2H3. The zero-order chi connectivity index (χ0) is 56.6. The number of esters is 1. The van der Waals surface area contributed by atoms with Crippen molar-refractivity contribution < 1.29 is 78.0 Å². The molecule has 1 amide bonds. The summed E-state index contributed by atoms with van der Waals surface area (Å²) in [7, 11) is 7.79. The normalized spacial score (nSPS) is 13.0. The number of carboxylic acid groups (broad SMARTS) is 4. The number of aldehydes is 3. The quantitative estimate of drug-likeness (QED) is 0.0431. The highest BCUT2D eigenvalue weighted by Crippen LogP contribution is 2.05. The lowest BCUT2D eigenvalue weighted by molar-refractivity contribution is -0.172. The SMILES string of the molecule is CCC(C)C(=O)N(C)OC.CCC(C)C(=O)O.CCC(C)C(=O)O.CCC(C)C(=O)O.CCC(C)C(=O)O.CCC(C)C(=O)OC.CCC(C)C=O.CCC(C)C=O.CCC(C)C=O.CNOC. The van der Waals surface area contributed by atoms with E-state index in [4.69, 9.17) is 25.3 Å². The number of hydroxylamine groups is 3. The summed E-state index contributed by atoms with van der Waals surface area (Å²) in [5.74, 6) is -2.75. The average molecular weight is 989 g/mol. The van der Waals surface area contributed by atoms with Crippen LogP contribution in [0.15, 0.2) is 0 Å². The van der Waals surface area contributed by atoms with Crippen molar-refractivity contribution in [1.82, 2.24) is 10.5 Å². The number of aliphatic carboxylic acids is 4. The van der Waals surface area contributed by atoms with Crippen LogP contribution >= 0.6 is 0 Å². The molecule has 18 nitrogen and oxygen atoms in total. The number of hydrogen-bond donors (Lipinski definition) is 5. The lowest BCUT2D eigenvalue weighted by Gasteiger charge is -2.16. The number of rotatable bonds is 20. The van der Waals surface area contributed by atoms with Crippen LogP contribution in [0, 0.1) is 53.3 Å². The fourth-order valence-corrected chi connectivity index (χ4v) is 1.93. The molecule has 0 saturated carbocycles. The molecule has 18 heteroatoms. The van der Waals surface area contributed by atoms with Gasteiger partial charge in [-0.3, -0.25) is 33.6 Å². The van der Waals surface area contributed by atoms with Crippen molar-refractivity contribution in [2.75, 3.05) is 35.4 Å². The molecule has 0 saturated heterocycles. The predicted octanol–water partition coefficient (Wildman–Crippen LogP) is 10.2. The van der Waals surface area contributed by atoms with Crippen molar-refractivity contribution in [3.8, 4) is 0 Å². The van der Waals surface area contributed by atoms with Crippen molar-refractivity contribution in [3.63, 3.8) is 0 Å². The largest absolute Gasteiger partial charge is 0.481 e. The van der Waals surface area contributed by atoms with Gasteiger partial charge in [0, 0.05) is 37.8 Å². The maximum Gasteiger partial charge on any atom is 0.308 e. The van der Waals surface area contributed by atoms with Gasteiger partial charge in [0.2, 0.25) is 5.91 Å². The molecular formula is C50H104N2O16. The van der Waals surface area contributed by atoms with Gasteiger partial charge in [0.1, 0.15) is 18.9 Å². The third kappa shape index (κ3) is 81.9. The minimum absolute atomic E-state index is 0.0324. The van der Waals surface area contributed by atoms with Gasteiger partial charge in [0.05, 0.1) is 50.9 Å². The summed E-state index contributed by atoms with van der Waals surface area (Å²) >= 11 is 0. The first-order valence-corrected chi connectivity index (χ1v) is 23.8. The summed E-state index contributed by atoms with van der Waals surface area (Å²) in [5.41, 5.74) is 2.43. The summed E-state index contributed by atoms with van der Waals surface area (Å²) in [4.78, 5) is 99.6. The molecule has 0 aromatic rings. The second-order valence-corrected chi connectivity index (χ2v) is 15.7. The molecule has 0 bridgehead atoms. The van der Waals surface area contributed by atoms with E-state index >= 15 is 0 Å². The number of nitrogens with zero attached hydrogens (tertiary/aromatic N) is 1. The van der Waals surface area contributed by atoms with Gasteiger partial charge in [0.25, 0.3) is 0 Å². The second kappa shape index (κ2) is 67.0. The highest BCUT2D eigenvalue weighted by molar-refractivity contribution is 5.77. The molecule has 0 aromatic heterocycles. The van der Waals surface area contributed by atoms with Crippen LogP contribution in [-0.2, 0) is 57.6 Å². The molecule has 9 atom stereocenters. The highest BCUT2D eigenvalue weighted by atomic mass is 16.7. The number of carbonyl (C=O) groups excluding carboxylic acids is 5. The summed E-state index contributed by atoms with van der Waals surface area (Å²) < 4.78 is 4.46. The molecule has 0 rings (SSSR count). The Kier molecular flexibility index (Phi) is 85.5. The first-order chi connectivity index (χ1) is 31.4. The first kappa shape index (κ1) is 86.9. The van der Waals surface area contributed by atoms with Gasteiger partial charge in [0.15, 0.2) is 0 Å². The maximum atomic E-state index is 11.1. The maximum absolute atomic E-state index is 11.1. The summed E-state index contributed by atoms with van der Waals surface area (Å²) in [6, 6.07) is 0. The Morgan fingerprint density at radius 2 is 0.647 bits per heavy atom. The van der Waals surface area contributed by atoms with Crippen LogP contribution in [0.3, 0.4) is 0 Å². The van der Waals surface area contributed by atoms with Gasteiger partial charge >= 0.3 is 29.8 Å². The van der Waals surface area contributed by atoms with Gasteiger partial charge in [-0.15, -0.1) is 0 Å². The third-order valence-electron chi connectivity index (χ3n) is 9.80. The van der Waals surface area contributed by atoms with E-state index in [1.165, 1.54) is 19.3 Å². The van der Waals surface area contributed by atoms with Gasteiger partial charge in [-0.2, -0.15) is 0 Å². The van der Waals surface area contributed by atoms with E-state index in [1.807, 2.05) is 96.9 Å². The summed E-state index contributed by atoms with van der Waals surface area (Å²) in [6.07, 6.45) is 10.4. The highest BCUT2D eigenvalue weighted by Gasteiger charge is 2.14. The van der Waals surface area contributed by atoms with E-state index in [1.54, 1.807) is 48.9 Å². The minimum Gasteiger partial charge on any atom is -0.481 e. The van der Waals surface area contributed by atoms with Crippen molar-refractivity contribution in [1.29, 1.82) is 0 Å². The molecule has 68 heavy (non-hydrogen) atoms. The van der Waals surface area contributed by atoms with Gasteiger partial charge in [-0.1, -0.05) is 125 Å². The van der Waals surface area contributed by atoms with Gasteiger partial charge in [-0.25, -0.2) is 10.5 Å². The van der Waals surface area contributed by atoms with Crippen LogP contribution in [0.4, 0.5) is 0 Å². The fraction of sp³-hybridized carbons (Fsp3) is 0.820. The Balaban J connectivity index is -0.0000000692. The second-order valence-electron chi connectivity index (χ2n) is 15.7. The number of hydrogen-bond acceptors (Lipinski definition) is 13. The van der Waals surface area contributed by atoms with Crippen LogP contribution in [0.2, 0.25) is 0 Å². The van der Waals surface area contributed by atoms with Crippen molar-refractivity contribution in [2.45, 2.75) is 182 Å². The topological polar surface area (TPSA) is 278 Å². The van der Waals surface area contributed by atoms with Crippen LogP contribution < -0.4 is 5.48 Å². The molecule has 0 spiro atoms. The molecular weight excluding hydrogens is 885 g/mol. The monoisotopic (exact) mass is 989 g/mol. The average Bonchev–Trinajstić information content (AvgIpc) is 3.36. The van der Waals surface area contributed by atoms with Gasteiger partial charge < -0.3 is 44.4 Å². The predicted molar refractivity (Wildman–Crippen MR) is 272 cm³/mol. The molecule has 0 heterocycles. The van der Waals surface area contributed by atoms with Gasteiger partial charge in [-0.05, 0) is 57.8 Å². The molecule has 5 N–H and O–H groups in total. The Bertz CT molecular complexity index is 1050. The molecule has 9 unspecified atom stereocenters. The number of nitrogens with one attached hydrogen (secondary N) is 1. The fourth-order valence-electron chi connectivity index (χ4n) is 1.93. The number of carboxylic acids is 4. The first-order valence-electron chi connectivity index (χ1n) is 23.8. The van der Waals surface area contributed by atoms with E-state index in [0.29, 0.717) is 0 Å². The summed E-state index contributed by atoms with van der Waals surface area (Å²) in [6.45, 7) is 33.6. The molecule has 0 aromatic carbocycles. The number of carbonyl (C=O) groups is 9. The Morgan fingerprint density at radius 1 is 0.441 bits per heavy atom. The summed E-state index contributed by atoms with van der Waals surface area (Å²) in [5, 5.41) is 34.0. The van der Waals surface area contributed by atoms with E-state index < -0.39 is 23.9 Å². The zero-order valence-corrected chi connectivity index (χ0v) is 46.9. The number of methoxy groups -OCH3 is 1. The Labute approximate surface area is 413 Å². The Hall–Kier alpha value is -4.29. The van der Waals surface area contributed by atoms with Crippen LogP contribution in [0.1, 0.15) is 182 Å². The molecule has 0 radical (unpaired) electrons. The van der Waals surface area contributed by atoms with Crippen LogP contribution in [-0.4, -0.2) is 116 Å². The van der Waals surface area contributed by atoms with E-state index in [9.17, 15) is 43.2 Å². The van der Waals surface area contributed by atoms with Crippen molar-refractivity contribution in [3.05, 3.63) is 0 Å². The van der Waals surface area contributed by atoms with E-state index in [-0.39, 0.29) is 65.1 Å². The van der Waals surface area contributed by atoms with Crippen LogP contribution in [0.5, 0.6) is 0 Å². The van der Waals surface area contributed by atoms with E-state index in [2.05, 4.69) is 15.1 Å². The number of amides is 1. The van der Waals surface area contributed by atoms with Crippen molar-refractivity contribution in [2.24, 2.45) is 53.3 Å². The lowest BCUT2D eigenvalue weighted by atomic mass is 10.1. The smallest absolute Gasteiger partial charge is 0.308 e. The molecule has 410 valence electrons.